The summed E-state index contributed by atoms with van der Waals surface area (Å²) >= 11 is 0. The molecule has 0 amide bonds. The van der Waals surface area contributed by atoms with Crippen molar-refractivity contribution in [3.05, 3.63) is 57.6 Å². The van der Waals surface area contributed by atoms with Crippen LogP contribution in [0, 0.1) is 25.7 Å². The highest BCUT2D eigenvalue weighted by Gasteiger charge is 2.34. The molecule has 0 aliphatic carbocycles. The van der Waals surface area contributed by atoms with E-state index in [4.69, 9.17) is 9.98 Å². The van der Waals surface area contributed by atoms with Crippen LogP contribution in [0.4, 0.5) is 0 Å². The van der Waals surface area contributed by atoms with Gasteiger partial charge in [-0.1, -0.05) is 52.7 Å². The number of hydrogen-bond acceptors (Lipinski definition) is 8. The zero-order chi connectivity index (χ0) is 40.8. The van der Waals surface area contributed by atoms with E-state index in [1.807, 2.05) is 27.7 Å². The molecule has 4 heterocycles. The van der Waals surface area contributed by atoms with Crippen LogP contribution >= 0.6 is 0 Å². The minimum absolute atomic E-state index is 0.0201. The molecule has 0 aromatic heterocycles. The second-order valence-electron chi connectivity index (χ2n) is 18.8. The molecule has 4 aliphatic heterocycles. The minimum Gasteiger partial charge on any atom is -0.504 e. The van der Waals surface area contributed by atoms with Gasteiger partial charge in [0, 0.05) is 59.9 Å². The van der Waals surface area contributed by atoms with Crippen LogP contribution in [0.15, 0.2) is 34.3 Å². The van der Waals surface area contributed by atoms with E-state index >= 15 is 0 Å². The Labute approximate surface area is 345 Å². The SMILES string of the molecule is Cc1cc2c(C(C)C)c(O)c(O)c(C=NCC3CCCN4CCCCC34)c2cc1-c1cc2c(C=NCC3CCCN4CCCCC34)c(O)c(O)c(C(C)C)c2cc1C. The van der Waals surface area contributed by atoms with Gasteiger partial charge in [0.15, 0.2) is 23.0 Å². The topological polar surface area (TPSA) is 112 Å². The summed E-state index contributed by atoms with van der Waals surface area (Å²) < 4.78 is 0. The first-order valence-electron chi connectivity index (χ1n) is 22.5. The van der Waals surface area contributed by atoms with Crippen molar-refractivity contribution in [1.82, 2.24) is 9.80 Å². The average Bonchev–Trinajstić information content (AvgIpc) is 3.20. The lowest BCUT2D eigenvalue weighted by molar-refractivity contribution is 0.0635. The van der Waals surface area contributed by atoms with Crippen LogP contribution in [0.5, 0.6) is 23.0 Å². The van der Waals surface area contributed by atoms with E-state index in [2.05, 4.69) is 47.9 Å². The number of benzene rings is 4. The number of aromatic hydroxyl groups is 4. The monoisotopic (exact) mass is 787 g/mol. The van der Waals surface area contributed by atoms with E-state index in [1.165, 1.54) is 90.4 Å². The van der Waals surface area contributed by atoms with Crippen LogP contribution in [-0.4, -0.2) is 94.0 Å². The van der Waals surface area contributed by atoms with E-state index in [1.54, 1.807) is 12.4 Å². The Morgan fingerprint density at radius 3 is 1.33 bits per heavy atom. The fraction of sp³-hybridized carbons (Fsp3) is 0.560. The van der Waals surface area contributed by atoms with Crippen molar-refractivity contribution in [1.29, 1.82) is 0 Å². The molecule has 0 spiro atoms. The lowest BCUT2D eigenvalue weighted by Gasteiger charge is -2.44. The lowest BCUT2D eigenvalue weighted by atomic mass is 9.83. The first kappa shape index (κ1) is 40.6. The maximum atomic E-state index is 11.7. The van der Waals surface area contributed by atoms with Crippen LogP contribution in [0.1, 0.15) is 137 Å². The van der Waals surface area contributed by atoms with Crippen LogP contribution in [0.3, 0.4) is 0 Å². The van der Waals surface area contributed by atoms with Gasteiger partial charge in [-0.25, -0.2) is 0 Å². The summed E-state index contributed by atoms with van der Waals surface area (Å²) in [5.74, 6) is 0.563. The summed E-state index contributed by atoms with van der Waals surface area (Å²) in [6.07, 6.45) is 15.9. The molecule has 8 rings (SSSR count). The second kappa shape index (κ2) is 16.8. The third-order valence-electron chi connectivity index (χ3n) is 14.4. The molecule has 8 nitrogen and oxygen atoms in total. The summed E-state index contributed by atoms with van der Waals surface area (Å²) in [6, 6.07) is 9.77. The molecule has 4 fully saturated rings. The molecule has 4 atom stereocenters. The molecule has 4 unspecified atom stereocenters. The summed E-state index contributed by atoms with van der Waals surface area (Å²) in [7, 11) is 0. The maximum Gasteiger partial charge on any atom is 0.167 e. The predicted octanol–water partition coefficient (Wildman–Crippen LogP) is 10.7. The zero-order valence-electron chi connectivity index (χ0n) is 35.8. The predicted molar refractivity (Wildman–Crippen MR) is 240 cm³/mol. The van der Waals surface area contributed by atoms with Crippen molar-refractivity contribution >= 4 is 34.0 Å². The van der Waals surface area contributed by atoms with Crippen molar-refractivity contribution in [2.24, 2.45) is 21.8 Å². The molecule has 0 bridgehead atoms. The molecule has 0 radical (unpaired) electrons. The zero-order valence-corrected chi connectivity index (χ0v) is 35.8. The highest BCUT2D eigenvalue weighted by Crippen LogP contribution is 2.48. The summed E-state index contributed by atoms with van der Waals surface area (Å²) in [4.78, 5) is 15.4. The first-order chi connectivity index (χ1) is 27.9. The van der Waals surface area contributed by atoms with Crippen LogP contribution < -0.4 is 0 Å². The molecule has 4 aliphatic rings. The highest BCUT2D eigenvalue weighted by molar-refractivity contribution is 6.10. The molecular formula is C50H66N4O4. The number of fused-ring (bicyclic) bond motifs is 4. The van der Waals surface area contributed by atoms with Crippen LogP contribution in [0.25, 0.3) is 32.7 Å². The number of nitrogens with zero attached hydrogens (tertiary/aromatic N) is 4. The van der Waals surface area contributed by atoms with Crippen molar-refractivity contribution in [2.75, 3.05) is 39.3 Å². The number of rotatable bonds is 9. The van der Waals surface area contributed by atoms with Crippen LogP contribution in [0.2, 0.25) is 0 Å². The lowest BCUT2D eigenvalue weighted by Crippen LogP contribution is -2.48. The molecule has 8 heteroatoms. The maximum absolute atomic E-state index is 11.7. The molecule has 58 heavy (non-hydrogen) atoms. The quantitative estimate of drug-likeness (QED) is 0.0993. The summed E-state index contributed by atoms with van der Waals surface area (Å²) in [5, 5.41) is 49.8. The molecule has 0 saturated carbocycles. The number of aliphatic imine (C=N–C) groups is 2. The van der Waals surface area contributed by atoms with Crippen LogP contribution in [-0.2, 0) is 0 Å². The number of aryl methyl sites for hydroxylation is 2. The third-order valence-corrected chi connectivity index (χ3v) is 14.4. The van der Waals surface area contributed by atoms with E-state index < -0.39 is 0 Å². The standard InChI is InChI=1S/C50H66N4O4/c1-29(2)45-39-21-31(5)35(23-37(39)41(47(55)49(45)57)27-51-25-33-13-11-19-53-17-9-7-15-43(33)53)36-24-38-40(22-32(36)6)46(30(3)4)50(58)48(56)42(38)28-52-26-34-14-12-20-54-18-10-8-16-44(34)54/h21-24,27-30,33-34,43-44,55-58H,7-20,25-26H2,1-6H3. The van der Waals surface area contributed by atoms with Gasteiger partial charge in [0.2, 0.25) is 0 Å². The van der Waals surface area contributed by atoms with Crippen molar-refractivity contribution < 1.29 is 20.4 Å². The van der Waals surface area contributed by atoms with Gasteiger partial charge in [-0.05, 0) is 171 Å². The minimum atomic E-state index is -0.122. The molecule has 4 aromatic rings. The number of piperidine rings is 4. The third kappa shape index (κ3) is 7.49. The molecule has 4 saturated heterocycles. The molecule has 310 valence electrons. The largest absolute Gasteiger partial charge is 0.504 e. The molecule has 4 aromatic carbocycles. The van der Waals surface area contributed by atoms with Crippen molar-refractivity contribution in [3.63, 3.8) is 0 Å². The van der Waals surface area contributed by atoms with Gasteiger partial charge in [0.05, 0.1) is 0 Å². The van der Waals surface area contributed by atoms with Gasteiger partial charge in [-0.15, -0.1) is 0 Å². The average molecular weight is 787 g/mol. The van der Waals surface area contributed by atoms with E-state index in [0.29, 0.717) is 48.1 Å². The second-order valence-corrected chi connectivity index (χ2v) is 18.8. The Hall–Kier alpha value is -4.14. The van der Waals surface area contributed by atoms with Gasteiger partial charge in [0.25, 0.3) is 0 Å². The first-order valence-corrected chi connectivity index (χ1v) is 22.5. The molecular weight excluding hydrogens is 721 g/mol. The number of phenols is 4. The Morgan fingerprint density at radius 1 is 0.534 bits per heavy atom. The Balaban J connectivity index is 1.23. The molecule has 4 N–H and O–H groups in total. The van der Waals surface area contributed by atoms with Crippen molar-refractivity contribution in [3.8, 4) is 34.1 Å². The normalized spacial score (nSPS) is 23.5. The van der Waals surface area contributed by atoms with Crippen molar-refractivity contribution in [2.45, 2.75) is 130 Å². The van der Waals surface area contributed by atoms with Gasteiger partial charge in [-0.3, -0.25) is 9.98 Å². The Kier molecular flexibility index (Phi) is 11.8. The van der Waals surface area contributed by atoms with E-state index in [-0.39, 0.29) is 34.8 Å². The van der Waals surface area contributed by atoms with E-state index in [0.717, 1.165) is 54.9 Å². The Bertz CT molecular complexity index is 2080. The smallest absolute Gasteiger partial charge is 0.167 e. The number of hydrogen-bond donors (Lipinski definition) is 4. The highest BCUT2D eigenvalue weighted by atomic mass is 16.3. The van der Waals surface area contributed by atoms with E-state index in [9.17, 15) is 20.4 Å². The number of phenolic OH excluding ortho intramolecular Hbond substituents is 4. The summed E-state index contributed by atoms with van der Waals surface area (Å²) in [6.45, 7) is 18.6. The summed E-state index contributed by atoms with van der Waals surface area (Å²) in [5.41, 5.74) is 6.65. The Morgan fingerprint density at radius 2 is 0.931 bits per heavy atom. The van der Waals surface area contributed by atoms with Gasteiger partial charge >= 0.3 is 0 Å². The van der Waals surface area contributed by atoms with Gasteiger partial charge in [-0.2, -0.15) is 0 Å². The van der Waals surface area contributed by atoms with Gasteiger partial charge in [0.1, 0.15) is 0 Å². The van der Waals surface area contributed by atoms with Gasteiger partial charge < -0.3 is 30.2 Å². The fourth-order valence-electron chi connectivity index (χ4n) is 11.5. The fourth-order valence-corrected chi connectivity index (χ4v) is 11.5.